The fraction of sp³-hybridized carbons (Fsp3) is 0.350. The summed E-state index contributed by atoms with van der Waals surface area (Å²) in [4.78, 5) is 12.6. The van der Waals surface area contributed by atoms with E-state index >= 15 is 0 Å². The first-order valence-electron chi connectivity index (χ1n) is 9.40. The van der Waals surface area contributed by atoms with Crippen LogP contribution in [0.25, 0.3) is 0 Å². The third-order valence-corrected chi connectivity index (χ3v) is 5.22. The summed E-state index contributed by atoms with van der Waals surface area (Å²) in [6.07, 6.45) is -12.0. The van der Waals surface area contributed by atoms with E-state index in [0.29, 0.717) is 0 Å². The number of aliphatic hydroxyl groups excluding tert-OH is 5. The van der Waals surface area contributed by atoms with Crippen LogP contribution in [0, 0.1) is 0 Å². The number of Topliss-reactive ketones (excluding diaryl/α,β-unsaturated/α-hetero) is 1. The van der Waals surface area contributed by atoms with E-state index in [1.54, 1.807) is 0 Å². The second-order valence-electron chi connectivity index (χ2n) is 7.40. The highest BCUT2D eigenvalue weighted by molar-refractivity contribution is 6.04. The van der Waals surface area contributed by atoms with Crippen LogP contribution in [0.3, 0.4) is 0 Å². The van der Waals surface area contributed by atoms with E-state index in [4.69, 9.17) is 14.2 Å². The Bertz CT molecular complexity index is 1040. The van der Waals surface area contributed by atoms with Crippen molar-refractivity contribution in [3.8, 4) is 28.7 Å². The van der Waals surface area contributed by atoms with Gasteiger partial charge < -0.3 is 55.1 Å². The molecule has 4 rings (SSSR count). The summed E-state index contributed by atoms with van der Waals surface area (Å²) >= 11 is 0. The number of benzene rings is 2. The molecule has 12 heteroatoms. The van der Waals surface area contributed by atoms with E-state index in [-0.39, 0.29) is 22.6 Å². The molecule has 2 aromatic carbocycles. The monoisotopic (exact) mass is 452 g/mol. The third kappa shape index (κ3) is 3.68. The van der Waals surface area contributed by atoms with Gasteiger partial charge in [-0.05, 0) is 23.8 Å². The van der Waals surface area contributed by atoms with E-state index in [0.717, 1.165) is 24.3 Å². The van der Waals surface area contributed by atoms with Gasteiger partial charge in [-0.3, -0.25) is 4.79 Å². The van der Waals surface area contributed by atoms with Crippen LogP contribution >= 0.6 is 0 Å². The van der Waals surface area contributed by atoms with Gasteiger partial charge in [0.05, 0.1) is 5.56 Å². The average molecular weight is 452 g/mol. The SMILES string of the molecule is O=C1c2cc(O)cc(O)c2OC(c2ccc(O)c(OC3OC(O)C(O)C(O)C3O)c2)C1O. The van der Waals surface area contributed by atoms with E-state index in [1.165, 1.54) is 6.07 Å². The lowest BCUT2D eigenvalue weighted by molar-refractivity contribution is -0.321. The Kier molecular flexibility index (Phi) is 5.58. The Morgan fingerprint density at radius 2 is 1.56 bits per heavy atom. The Balaban J connectivity index is 1.63. The van der Waals surface area contributed by atoms with Gasteiger partial charge in [0.2, 0.25) is 6.29 Å². The highest BCUT2D eigenvalue weighted by Crippen LogP contribution is 2.44. The topological polar surface area (TPSA) is 207 Å². The molecule has 7 unspecified atom stereocenters. The predicted octanol–water partition coefficient (Wildman–Crippen LogP) is -1.38. The van der Waals surface area contributed by atoms with Gasteiger partial charge in [-0.15, -0.1) is 0 Å². The van der Waals surface area contributed by atoms with Gasteiger partial charge in [0.1, 0.15) is 24.1 Å². The number of aliphatic hydroxyl groups is 5. The molecule has 172 valence electrons. The molecule has 0 amide bonds. The summed E-state index contributed by atoms with van der Waals surface area (Å²) in [7, 11) is 0. The summed E-state index contributed by atoms with van der Waals surface area (Å²) in [5, 5.41) is 79.1. The molecule has 2 heterocycles. The first-order valence-corrected chi connectivity index (χ1v) is 9.40. The number of phenolic OH excluding ortho intramolecular Hbond substituents is 3. The maximum absolute atomic E-state index is 12.6. The first kappa shape index (κ1) is 22.1. The minimum atomic E-state index is -1.87. The smallest absolute Gasteiger partial charge is 0.231 e. The molecule has 0 radical (unpaired) electrons. The Hall–Kier alpha value is -3.13. The second kappa shape index (κ2) is 8.09. The van der Waals surface area contributed by atoms with Crippen molar-refractivity contribution in [2.45, 2.75) is 43.1 Å². The molecule has 7 atom stereocenters. The zero-order valence-corrected chi connectivity index (χ0v) is 16.1. The van der Waals surface area contributed by atoms with Crippen molar-refractivity contribution in [2.24, 2.45) is 0 Å². The second-order valence-corrected chi connectivity index (χ2v) is 7.40. The number of hydrogen-bond donors (Lipinski definition) is 8. The van der Waals surface area contributed by atoms with Crippen LogP contribution in [-0.4, -0.2) is 83.6 Å². The fourth-order valence-corrected chi connectivity index (χ4v) is 3.50. The average Bonchev–Trinajstić information content (AvgIpc) is 2.75. The molecule has 1 saturated heterocycles. The minimum absolute atomic E-state index is 0.114. The Morgan fingerprint density at radius 1 is 0.844 bits per heavy atom. The van der Waals surface area contributed by atoms with Crippen LogP contribution in [0.1, 0.15) is 22.0 Å². The normalized spacial score (nSPS) is 32.2. The fourth-order valence-electron chi connectivity index (χ4n) is 3.50. The quantitative estimate of drug-likeness (QED) is 0.271. The number of phenols is 3. The molecule has 2 aliphatic rings. The molecular weight excluding hydrogens is 432 g/mol. The van der Waals surface area contributed by atoms with Gasteiger partial charge >= 0.3 is 0 Å². The number of carbonyl (C=O) groups is 1. The summed E-state index contributed by atoms with van der Waals surface area (Å²) in [5.74, 6) is -2.80. The number of hydrogen-bond acceptors (Lipinski definition) is 12. The van der Waals surface area contributed by atoms with Crippen LogP contribution in [0.5, 0.6) is 28.7 Å². The van der Waals surface area contributed by atoms with Crippen molar-refractivity contribution < 1.29 is 59.9 Å². The Morgan fingerprint density at radius 3 is 2.28 bits per heavy atom. The molecule has 32 heavy (non-hydrogen) atoms. The van der Waals surface area contributed by atoms with Crippen LogP contribution in [0.15, 0.2) is 30.3 Å². The third-order valence-electron chi connectivity index (χ3n) is 5.22. The van der Waals surface area contributed by atoms with Crippen molar-refractivity contribution in [3.05, 3.63) is 41.5 Å². The van der Waals surface area contributed by atoms with E-state index < -0.39 is 66.1 Å². The minimum Gasteiger partial charge on any atom is -0.508 e. The predicted molar refractivity (Wildman–Crippen MR) is 101 cm³/mol. The van der Waals surface area contributed by atoms with Crippen molar-refractivity contribution in [1.82, 2.24) is 0 Å². The van der Waals surface area contributed by atoms with Gasteiger partial charge in [-0.2, -0.15) is 0 Å². The summed E-state index contributed by atoms with van der Waals surface area (Å²) in [5.41, 5.74) is -0.107. The maximum atomic E-state index is 12.6. The van der Waals surface area contributed by atoms with E-state index in [2.05, 4.69) is 0 Å². The number of aromatic hydroxyl groups is 3. The molecule has 8 N–H and O–H groups in total. The molecule has 0 saturated carbocycles. The van der Waals surface area contributed by atoms with E-state index in [9.17, 15) is 45.6 Å². The molecule has 0 aliphatic carbocycles. The number of fused-ring (bicyclic) bond motifs is 1. The molecular formula is C20H20O12. The molecule has 12 nitrogen and oxygen atoms in total. The van der Waals surface area contributed by atoms with Gasteiger partial charge in [-0.25, -0.2) is 0 Å². The van der Waals surface area contributed by atoms with Crippen molar-refractivity contribution >= 4 is 5.78 Å². The van der Waals surface area contributed by atoms with Gasteiger partial charge in [0, 0.05) is 6.07 Å². The zero-order chi connectivity index (χ0) is 23.3. The van der Waals surface area contributed by atoms with Crippen LogP contribution in [0.2, 0.25) is 0 Å². The molecule has 0 spiro atoms. The van der Waals surface area contributed by atoms with Gasteiger partial charge in [-0.1, -0.05) is 6.07 Å². The molecule has 0 bridgehead atoms. The number of carbonyl (C=O) groups excluding carboxylic acids is 1. The van der Waals surface area contributed by atoms with Crippen LogP contribution in [0.4, 0.5) is 0 Å². The van der Waals surface area contributed by atoms with Crippen LogP contribution in [-0.2, 0) is 4.74 Å². The summed E-state index contributed by atoms with van der Waals surface area (Å²) in [6.45, 7) is 0. The zero-order valence-electron chi connectivity index (χ0n) is 16.1. The van der Waals surface area contributed by atoms with Crippen molar-refractivity contribution in [1.29, 1.82) is 0 Å². The largest absolute Gasteiger partial charge is 0.508 e. The summed E-state index contributed by atoms with van der Waals surface area (Å²) in [6, 6.07) is 5.58. The number of rotatable bonds is 3. The lowest BCUT2D eigenvalue weighted by Gasteiger charge is -2.38. The highest BCUT2D eigenvalue weighted by atomic mass is 16.7. The molecule has 1 fully saturated rings. The lowest BCUT2D eigenvalue weighted by Crippen LogP contribution is -2.59. The lowest BCUT2D eigenvalue weighted by atomic mass is 9.93. The number of ketones is 1. The maximum Gasteiger partial charge on any atom is 0.231 e. The number of ether oxygens (including phenoxy) is 3. The highest BCUT2D eigenvalue weighted by Gasteiger charge is 2.45. The molecule has 2 aliphatic heterocycles. The molecule has 0 aromatic heterocycles. The van der Waals surface area contributed by atoms with Crippen molar-refractivity contribution in [2.75, 3.05) is 0 Å². The van der Waals surface area contributed by atoms with Gasteiger partial charge in [0.25, 0.3) is 0 Å². The van der Waals surface area contributed by atoms with Gasteiger partial charge in [0.15, 0.2) is 47.3 Å². The first-order chi connectivity index (χ1) is 15.1. The Labute approximate surface area is 179 Å². The standard InChI is InChI=1S/C20H20O12/c21-7-4-8-12(24)14(26)17(31-18(8)10(23)5-7)6-1-2-9(22)11(3-6)30-20-16(28)13(25)15(27)19(29)32-20/h1-5,13-17,19-23,25-29H. The van der Waals surface area contributed by atoms with E-state index in [1.807, 2.05) is 0 Å². The van der Waals surface area contributed by atoms with Crippen molar-refractivity contribution in [3.63, 3.8) is 0 Å². The molecule has 2 aromatic rings. The van der Waals surface area contributed by atoms with Crippen LogP contribution < -0.4 is 9.47 Å². The summed E-state index contributed by atoms with van der Waals surface area (Å²) < 4.78 is 15.8.